The first kappa shape index (κ1) is 25.8. The summed E-state index contributed by atoms with van der Waals surface area (Å²) in [6.07, 6.45) is 4.51. The Morgan fingerprint density at radius 3 is 2.72 bits per heavy atom. The lowest BCUT2D eigenvalue weighted by molar-refractivity contribution is 0.0738. The van der Waals surface area contributed by atoms with Gasteiger partial charge in [-0.1, -0.05) is 6.07 Å². The standard InChI is InChI=1S/C26H27BrFN5O3/c1-14-6-7-22(26(4,5)35)32-24(14)18-9-20(15(2)10-30-18)33-16(3)8-21(23(27)25(33)34)36-12-19-17(28)11-29-13-31-19/h6-8,10-11,13,20,35H,9,12H2,1-5H3. The monoisotopic (exact) mass is 555 g/mol. The third kappa shape index (κ3) is 5.15. The molecule has 8 nitrogen and oxygen atoms in total. The lowest BCUT2D eigenvalue weighted by Gasteiger charge is -2.27. The Morgan fingerprint density at radius 2 is 2.03 bits per heavy atom. The molecule has 0 saturated carbocycles. The fourth-order valence-corrected chi connectivity index (χ4v) is 4.47. The van der Waals surface area contributed by atoms with Gasteiger partial charge in [-0.05, 0) is 67.8 Å². The third-order valence-corrected chi connectivity index (χ3v) is 6.83. The Bertz CT molecular complexity index is 1440. The van der Waals surface area contributed by atoms with Crippen LogP contribution >= 0.6 is 15.9 Å². The van der Waals surface area contributed by atoms with Crippen LogP contribution < -0.4 is 10.3 Å². The van der Waals surface area contributed by atoms with Crippen LogP contribution in [0.4, 0.5) is 4.39 Å². The van der Waals surface area contributed by atoms with Crippen LogP contribution in [0.3, 0.4) is 0 Å². The van der Waals surface area contributed by atoms with Crippen molar-refractivity contribution in [1.82, 2.24) is 19.5 Å². The summed E-state index contributed by atoms with van der Waals surface area (Å²) in [7, 11) is 0. The van der Waals surface area contributed by atoms with E-state index in [1.54, 1.807) is 36.7 Å². The molecule has 0 spiro atoms. The highest BCUT2D eigenvalue weighted by Gasteiger charge is 2.27. The molecule has 0 aromatic carbocycles. The molecular formula is C26H27BrFN5O3. The van der Waals surface area contributed by atoms with Gasteiger partial charge >= 0.3 is 0 Å². The highest BCUT2D eigenvalue weighted by molar-refractivity contribution is 9.10. The van der Waals surface area contributed by atoms with E-state index in [0.717, 1.165) is 23.0 Å². The molecule has 3 aromatic heterocycles. The van der Waals surface area contributed by atoms with Gasteiger partial charge in [0, 0.05) is 24.4 Å². The van der Waals surface area contributed by atoms with Gasteiger partial charge in [0.2, 0.25) is 0 Å². The largest absolute Gasteiger partial charge is 0.486 e. The third-order valence-electron chi connectivity index (χ3n) is 6.10. The maximum absolute atomic E-state index is 13.9. The minimum Gasteiger partial charge on any atom is -0.486 e. The van der Waals surface area contributed by atoms with Gasteiger partial charge in [-0.15, -0.1) is 0 Å². The van der Waals surface area contributed by atoms with Gasteiger partial charge in [0.05, 0.1) is 29.3 Å². The van der Waals surface area contributed by atoms with Crippen LogP contribution in [0.1, 0.15) is 61.6 Å². The van der Waals surface area contributed by atoms with Gasteiger partial charge in [0.15, 0.2) is 5.82 Å². The van der Waals surface area contributed by atoms with Crippen molar-refractivity contribution in [2.24, 2.45) is 4.99 Å². The molecule has 4 rings (SSSR count). The van der Waals surface area contributed by atoms with Gasteiger partial charge < -0.3 is 14.4 Å². The Hall–Kier alpha value is -3.24. The van der Waals surface area contributed by atoms with Crippen molar-refractivity contribution >= 4 is 21.6 Å². The fourth-order valence-electron chi connectivity index (χ4n) is 4.05. The summed E-state index contributed by atoms with van der Waals surface area (Å²) in [5, 5.41) is 10.4. The first-order valence-electron chi connectivity index (χ1n) is 11.4. The zero-order chi connectivity index (χ0) is 26.2. The van der Waals surface area contributed by atoms with Crippen molar-refractivity contribution in [2.45, 2.75) is 59.3 Å². The number of ether oxygens (including phenoxy) is 1. The van der Waals surface area contributed by atoms with E-state index < -0.39 is 11.4 Å². The number of rotatable bonds is 6. The van der Waals surface area contributed by atoms with Crippen LogP contribution in [-0.4, -0.2) is 30.3 Å². The molecule has 1 aliphatic heterocycles. The van der Waals surface area contributed by atoms with E-state index in [1.165, 1.54) is 6.33 Å². The molecule has 1 N–H and O–H groups in total. The first-order valence-corrected chi connectivity index (χ1v) is 12.2. The summed E-state index contributed by atoms with van der Waals surface area (Å²) in [6.45, 7) is 8.93. The fraction of sp³-hybridized carbons (Fsp3) is 0.346. The number of aryl methyl sites for hydroxylation is 2. The molecular weight excluding hydrogens is 529 g/mol. The molecule has 36 heavy (non-hydrogen) atoms. The van der Waals surface area contributed by atoms with Crippen molar-refractivity contribution in [3.05, 3.63) is 91.5 Å². The average molecular weight is 556 g/mol. The number of aliphatic imine (C=N–C) groups is 1. The number of hydrogen-bond acceptors (Lipinski definition) is 7. The number of halogens is 2. The Kier molecular flexibility index (Phi) is 7.19. The summed E-state index contributed by atoms with van der Waals surface area (Å²) in [5.74, 6) is -0.278. The molecule has 0 bridgehead atoms. The summed E-state index contributed by atoms with van der Waals surface area (Å²) < 4.78 is 21.5. The second kappa shape index (κ2) is 10.0. The Labute approximate surface area is 216 Å². The summed E-state index contributed by atoms with van der Waals surface area (Å²) in [6, 6.07) is 5.17. The topological polar surface area (TPSA) is 102 Å². The molecule has 0 aliphatic carbocycles. The van der Waals surface area contributed by atoms with Crippen molar-refractivity contribution in [2.75, 3.05) is 0 Å². The molecule has 0 amide bonds. The Balaban J connectivity index is 1.66. The minimum atomic E-state index is -1.09. The maximum Gasteiger partial charge on any atom is 0.269 e. The van der Waals surface area contributed by atoms with E-state index in [4.69, 9.17) is 4.74 Å². The van der Waals surface area contributed by atoms with Gasteiger partial charge in [0.1, 0.15) is 34.5 Å². The Morgan fingerprint density at radius 1 is 1.28 bits per heavy atom. The first-order chi connectivity index (χ1) is 17.0. The molecule has 0 radical (unpaired) electrons. The molecule has 1 atom stereocenters. The van der Waals surface area contributed by atoms with Crippen LogP contribution in [-0.2, 0) is 12.2 Å². The van der Waals surface area contributed by atoms with Gasteiger partial charge in [-0.2, -0.15) is 0 Å². The minimum absolute atomic E-state index is 0.0989. The van der Waals surface area contributed by atoms with E-state index in [0.29, 0.717) is 29.3 Å². The second-order valence-corrected chi connectivity index (χ2v) is 10.1. The molecule has 1 aliphatic rings. The lowest BCUT2D eigenvalue weighted by atomic mass is 9.95. The van der Waals surface area contributed by atoms with E-state index >= 15 is 0 Å². The molecule has 0 fully saturated rings. The van der Waals surface area contributed by atoms with Crippen molar-refractivity contribution in [3.63, 3.8) is 0 Å². The zero-order valence-corrected chi connectivity index (χ0v) is 22.3. The normalized spacial score (nSPS) is 15.9. The van der Waals surface area contributed by atoms with Crippen molar-refractivity contribution in [1.29, 1.82) is 0 Å². The SMILES string of the molecule is CC1=CN=C(c2nc(C(C)(C)O)ccc2C)CC1n1c(C)cc(OCc2ncncc2F)c(Br)c1=O. The van der Waals surface area contributed by atoms with Crippen molar-refractivity contribution < 1.29 is 14.2 Å². The summed E-state index contributed by atoms with van der Waals surface area (Å²) in [5.41, 5.74) is 3.23. The van der Waals surface area contributed by atoms with E-state index in [9.17, 15) is 14.3 Å². The van der Waals surface area contributed by atoms with Gasteiger partial charge in [-0.3, -0.25) is 9.79 Å². The zero-order valence-electron chi connectivity index (χ0n) is 20.7. The van der Waals surface area contributed by atoms with Crippen LogP contribution in [0.15, 0.2) is 56.8 Å². The van der Waals surface area contributed by atoms with E-state index in [1.807, 2.05) is 26.8 Å². The molecule has 10 heteroatoms. The molecule has 188 valence electrons. The van der Waals surface area contributed by atoms with Crippen LogP contribution in [0.25, 0.3) is 0 Å². The predicted molar refractivity (Wildman–Crippen MR) is 138 cm³/mol. The molecule has 4 heterocycles. The van der Waals surface area contributed by atoms with E-state index in [-0.39, 0.29) is 28.4 Å². The van der Waals surface area contributed by atoms with Gasteiger partial charge in [0.25, 0.3) is 5.56 Å². The summed E-state index contributed by atoms with van der Waals surface area (Å²) in [4.78, 5) is 30.3. The predicted octanol–water partition coefficient (Wildman–Crippen LogP) is 4.70. The number of hydrogen-bond donors (Lipinski definition) is 1. The average Bonchev–Trinajstić information content (AvgIpc) is 2.82. The number of aromatic nitrogens is 4. The van der Waals surface area contributed by atoms with E-state index in [2.05, 4.69) is 35.9 Å². The van der Waals surface area contributed by atoms with Crippen LogP contribution in [0.5, 0.6) is 5.75 Å². The molecule has 0 saturated heterocycles. The quantitative estimate of drug-likeness (QED) is 0.473. The van der Waals surface area contributed by atoms with Crippen LogP contribution in [0.2, 0.25) is 0 Å². The summed E-state index contributed by atoms with van der Waals surface area (Å²) >= 11 is 3.37. The highest BCUT2D eigenvalue weighted by Crippen LogP contribution is 2.32. The number of aliphatic hydroxyl groups is 1. The second-order valence-electron chi connectivity index (χ2n) is 9.33. The van der Waals surface area contributed by atoms with Crippen molar-refractivity contribution in [3.8, 4) is 5.75 Å². The van der Waals surface area contributed by atoms with Gasteiger partial charge in [-0.25, -0.2) is 19.3 Å². The highest BCUT2D eigenvalue weighted by atomic mass is 79.9. The lowest BCUT2D eigenvalue weighted by Crippen LogP contribution is -2.31. The van der Waals surface area contributed by atoms with Crippen LogP contribution in [0, 0.1) is 19.7 Å². The smallest absolute Gasteiger partial charge is 0.269 e. The number of nitrogens with zero attached hydrogens (tertiary/aromatic N) is 5. The molecule has 1 unspecified atom stereocenters. The number of allylic oxidation sites excluding steroid dienone is 1. The maximum atomic E-state index is 13.9. The molecule has 3 aromatic rings. The number of pyridine rings is 2.